The average Bonchev–Trinajstić information content (AvgIpc) is 2.39. The molecule has 0 heterocycles. The molecule has 0 fully saturated rings. The number of carbonyl (C=O) groups excluding carboxylic acids is 2. The maximum Gasteiger partial charge on any atom is 0.193 e. The van der Waals surface area contributed by atoms with Crippen molar-refractivity contribution in [3.63, 3.8) is 0 Å². The van der Waals surface area contributed by atoms with Gasteiger partial charge in [-0.25, -0.2) is 4.39 Å². The van der Waals surface area contributed by atoms with Gasteiger partial charge in [0.25, 0.3) is 0 Å². The molecule has 0 spiro atoms. The monoisotopic (exact) mass is 242 g/mol. The van der Waals surface area contributed by atoms with E-state index >= 15 is 0 Å². The van der Waals surface area contributed by atoms with Crippen LogP contribution in [0.1, 0.15) is 33.2 Å². The van der Waals surface area contributed by atoms with Gasteiger partial charge < -0.3 is 0 Å². The lowest BCUT2D eigenvalue weighted by molar-refractivity contribution is 0.101. The molecule has 2 rings (SSSR count). The second-order valence-corrected chi connectivity index (χ2v) is 3.97. The van der Waals surface area contributed by atoms with Gasteiger partial charge in [0.1, 0.15) is 5.82 Å². The van der Waals surface area contributed by atoms with Crippen LogP contribution in [0.15, 0.2) is 48.5 Å². The van der Waals surface area contributed by atoms with Gasteiger partial charge in [-0.1, -0.05) is 24.3 Å². The van der Waals surface area contributed by atoms with Crippen molar-refractivity contribution in [3.8, 4) is 0 Å². The highest BCUT2D eigenvalue weighted by molar-refractivity contribution is 6.09. The van der Waals surface area contributed by atoms with Crippen molar-refractivity contribution in [1.82, 2.24) is 0 Å². The van der Waals surface area contributed by atoms with Crippen molar-refractivity contribution in [3.05, 3.63) is 71.0 Å². The Labute approximate surface area is 104 Å². The van der Waals surface area contributed by atoms with Gasteiger partial charge >= 0.3 is 0 Å². The number of halogens is 1. The lowest BCUT2D eigenvalue weighted by Crippen LogP contribution is -2.02. The molecule has 0 saturated carbocycles. The molecule has 18 heavy (non-hydrogen) atoms. The van der Waals surface area contributed by atoms with E-state index in [1.165, 1.54) is 31.2 Å². The maximum absolute atomic E-state index is 12.7. The topological polar surface area (TPSA) is 34.1 Å². The highest BCUT2D eigenvalue weighted by atomic mass is 19.1. The first-order valence-corrected chi connectivity index (χ1v) is 5.49. The maximum atomic E-state index is 12.7. The van der Waals surface area contributed by atoms with Crippen molar-refractivity contribution >= 4 is 11.6 Å². The molecule has 3 heteroatoms. The minimum atomic E-state index is -0.376. The van der Waals surface area contributed by atoms with Gasteiger partial charge in [-0.3, -0.25) is 9.59 Å². The van der Waals surface area contributed by atoms with E-state index in [9.17, 15) is 14.0 Å². The van der Waals surface area contributed by atoms with Gasteiger partial charge in [-0.05, 0) is 31.2 Å². The summed E-state index contributed by atoms with van der Waals surface area (Å²) in [6.07, 6.45) is 0. The molecule has 2 aromatic carbocycles. The normalized spacial score (nSPS) is 10.1. The Morgan fingerprint density at radius 3 is 1.61 bits per heavy atom. The molecule has 0 aromatic heterocycles. The fourth-order valence-electron chi connectivity index (χ4n) is 1.62. The minimum Gasteiger partial charge on any atom is -0.295 e. The van der Waals surface area contributed by atoms with Crippen molar-refractivity contribution in [2.24, 2.45) is 0 Å². The Balaban J connectivity index is 2.28. The van der Waals surface area contributed by atoms with E-state index in [4.69, 9.17) is 0 Å². The summed E-state index contributed by atoms with van der Waals surface area (Å²) in [6.45, 7) is 1.47. The third-order valence-corrected chi connectivity index (χ3v) is 2.66. The second kappa shape index (κ2) is 4.92. The van der Waals surface area contributed by atoms with Gasteiger partial charge in [-0.15, -0.1) is 0 Å². The number of Topliss-reactive ketones (excluding diaryl/α,β-unsaturated/α-hetero) is 1. The molecule has 2 aromatic rings. The smallest absolute Gasteiger partial charge is 0.193 e. The molecule has 0 bridgehead atoms. The van der Waals surface area contributed by atoms with Gasteiger partial charge in [0, 0.05) is 16.7 Å². The third-order valence-electron chi connectivity index (χ3n) is 2.66. The Morgan fingerprint density at radius 1 is 0.778 bits per heavy atom. The summed E-state index contributed by atoms with van der Waals surface area (Å²) in [4.78, 5) is 23.1. The molecule has 0 atom stereocenters. The average molecular weight is 242 g/mol. The quantitative estimate of drug-likeness (QED) is 0.774. The zero-order chi connectivity index (χ0) is 13.1. The fourth-order valence-corrected chi connectivity index (χ4v) is 1.62. The summed E-state index contributed by atoms with van der Waals surface area (Å²) in [5, 5.41) is 0. The van der Waals surface area contributed by atoms with Crippen LogP contribution < -0.4 is 0 Å². The van der Waals surface area contributed by atoms with Gasteiger partial charge in [0.05, 0.1) is 0 Å². The zero-order valence-electron chi connectivity index (χ0n) is 9.81. The lowest BCUT2D eigenvalue weighted by atomic mass is 10.0. The predicted molar refractivity (Wildman–Crippen MR) is 66.3 cm³/mol. The SMILES string of the molecule is CC(=O)c1ccc(C(=O)c2ccc(F)cc2)cc1. The minimum absolute atomic E-state index is 0.0456. The Morgan fingerprint density at radius 2 is 1.17 bits per heavy atom. The Hall–Kier alpha value is -2.29. The first-order valence-electron chi connectivity index (χ1n) is 5.49. The van der Waals surface area contributed by atoms with Crippen molar-refractivity contribution in [2.45, 2.75) is 6.92 Å². The molecular formula is C15H11FO2. The molecule has 0 amide bonds. The molecular weight excluding hydrogens is 231 g/mol. The lowest BCUT2D eigenvalue weighted by Gasteiger charge is -2.02. The summed E-state index contributed by atoms with van der Waals surface area (Å²) >= 11 is 0. The first kappa shape index (κ1) is 12.2. The molecule has 0 aliphatic rings. The van der Waals surface area contributed by atoms with Crippen LogP contribution in [-0.2, 0) is 0 Å². The Kier molecular flexibility index (Phi) is 3.33. The number of ketones is 2. The zero-order valence-corrected chi connectivity index (χ0v) is 9.81. The number of carbonyl (C=O) groups is 2. The van der Waals surface area contributed by atoms with Crippen LogP contribution in [0.25, 0.3) is 0 Å². The van der Waals surface area contributed by atoms with Gasteiger partial charge in [0.15, 0.2) is 11.6 Å². The van der Waals surface area contributed by atoms with Gasteiger partial charge in [-0.2, -0.15) is 0 Å². The van der Waals surface area contributed by atoms with Crippen LogP contribution in [0.3, 0.4) is 0 Å². The van der Waals surface area contributed by atoms with Crippen LogP contribution in [0.4, 0.5) is 4.39 Å². The molecule has 90 valence electrons. The highest BCUT2D eigenvalue weighted by Crippen LogP contribution is 2.12. The number of hydrogen-bond donors (Lipinski definition) is 0. The molecule has 0 saturated heterocycles. The van der Waals surface area contributed by atoms with Crippen LogP contribution in [-0.4, -0.2) is 11.6 Å². The van der Waals surface area contributed by atoms with Crippen LogP contribution in [0.2, 0.25) is 0 Å². The molecule has 0 aliphatic heterocycles. The molecule has 0 aliphatic carbocycles. The van der Waals surface area contributed by atoms with E-state index in [2.05, 4.69) is 0 Å². The van der Waals surface area contributed by atoms with Crippen molar-refractivity contribution in [2.75, 3.05) is 0 Å². The van der Waals surface area contributed by atoms with E-state index in [1.807, 2.05) is 0 Å². The van der Waals surface area contributed by atoms with Crippen molar-refractivity contribution < 1.29 is 14.0 Å². The largest absolute Gasteiger partial charge is 0.295 e. The third kappa shape index (κ3) is 2.51. The predicted octanol–water partition coefficient (Wildman–Crippen LogP) is 3.26. The van der Waals surface area contributed by atoms with Crippen LogP contribution >= 0.6 is 0 Å². The van der Waals surface area contributed by atoms with E-state index in [0.717, 1.165) is 0 Å². The van der Waals surface area contributed by atoms with E-state index in [1.54, 1.807) is 24.3 Å². The number of rotatable bonds is 3. The number of benzene rings is 2. The summed E-state index contributed by atoms with van der Waals surface area (Å²) < 4.78 is 12.7. The first-order chi connectivity index (χ1) is 8.58. The van der Waals surface area contributed by atoms with E-state index in [0.29, 0.717) is 16.7 Å². The molecule has 0 radical (unpaired) electrons. The summed E-state index contributed by atoms with van der Waals surface area (Å²) in [6, 6.07) is 11.8. The second-order valence-electron chi connectivity index (χ2n) is 3.97. The van der Waals surface area contributed by atoms with Crippen LogP contribution in [0, 0.1) is 5.82 Å². The summed E-state index contributed by atoms with van der Waals surface area (Å²) in [7, 11) is 0. The van der Waals surface area contributed by atoms with Crippen LogP contribution in [0.5, 0.6) is 0 Å². The van der Waals surface area contributed by atoms with E-state index < -0.39 is 0 Å². The van der Waals surface area contributed by atoms with E-state index in [-0.39, 0.29) is 17.4 Å². The highest BCUT2D eigenvalue weighted by Gasteiger charge is 2.09. The summed E-state index contributed by atoms with van der Waals surface area (Å²) in [5.41, 5.74) is 1.46. The fraction of sp³-hybridized carbons (Fsp3) is 0.0667. The standard InChI is InChI=1S/C15H11FO2/c1-10(17)11-2-4-12(5-3-11)15(18)13-6-8-14(16)9-7-13/h2-9H,1H3. The number of hydrogen-bond acceptors (Lipinski definition) is 2. The Bertz CT molecular complexity index is 583. The van der Waals surface area contributed by atoms with Crippen molar-refractivity contribution in [1.29, 1.82) is 0 Å². The molecule has 0 unspecified atom stereocenters. The molecule has 2 nitrogen and oxygen atoms in total. The molecule has 0 N–H and O–H groups in total. The van der Waals surface area contributed by atoms with Gasteiger partial charge in [0.2, 0.25) is 0 Å². The summed E-state index contributed by atoms with van der Waals surface area (Å²) in [5.74, 6) is -0.612.